The Balaban J connectivity index is 2.41. The molecule has 0 aromatic rings. The van der Waals surface area contributed by atoms with Gasteiger partial charge in [0.05, 0.1) is 0 Å². The van der Waals surface area contributed by atoms with E-state index in [4.69, 9.17) is 0 Å². The third-order valence-corrected chi connectivity index (χ3v) is 2.21. The molecule has 62 valence electrons. The van der Waals surface area contributed by atoms with Crippen LogP contribution in [0.4, 0.5) is 0 Å². The average Bonchev–Trinajstić information content (AvgIpc) is 2.03. The number of carbonyl (C=O) groups excluding carboxylic acids is 1. The van der Waals surface area contributed by atoms with Gasteiger partial charge < -0.3 is 0 Å². The molecule has 1 unspecified atom stereocenters. The summed E-state index contributed by atoms with van der Waals surface area (Å²) in [5, 5.41) is 0. The number of hydrogen-bond donors (Lipinski definition) is 0. The highest BCUT2D eigenvalue weighted by molar-refractivity contribution is 5.83. The third-order valence-electron chi connectivity index (χ3n) is 2.21. The summed E-state index contributed by atoms with van der Waals surface area (Å²) in [6, 6.07) is 0. The van der Waals surface area contributed by atoms with Gasteiger partial charge in [-0.05, 0) is 19.3 Å². The van der Waals surface area contributed by atoms with Crippen LogP contribution in [0.15, 0.2) is 12.2 Å². The summed E-state index contributed by atoms with van der Waals surface area (Å²) in [5.74, 6) is 0.699. The van der Waals surface area contributed by atoms with Crippen LogP contribution in [0.3, 0.4) is 0 Å². The van der Waals surface area contributed by atoms with E-state index in [2.05, 4.69) is 19.1 Å². The Morgan fingerprint density at radius 2 is 2.36 bits per heavy atom. The van der Waals surface area contributed by atoms with Crippen molar-refractivity contribution in [2.45, 2.75) is 39.0 Å². The second kappa shape index (κ2) is 4.32. The summed E-state index contributed by atoms with van der Waals surface area (Å²) in [6.45, 7) is 2.10. The smallest absolute Gasteiger partial charge is 0.139 e. The molecule has 1 aliphatic carbocycles. The Bertz CT molecular complexity index is 158. The molecule has 0 aromatic heterocycles. The van der Waals surface area contributed by atoms with Crippen molar-refractivity contribution in [3.8, 4) is 0 Å². The summed E-state index contributed by atoms with van der Waals surface area (Å²) < 4.78 is 0. The average molecular weight is 152 g/mol. The lowest BCUT2D eigenvalue weighted by Crippen LogP contribution is -2.16. The van der Waals surface area contributed by atoms with Gasteiger partial charge in [0.1, 0.15) is 5.78 Å². The molecule has 1 rings (SSSR count). The highest BCUT2D eigenvalue weighted by Crippen LogP contribution is 2.21. The van der Waals surface area contributed by atoms with Gasteiger partial charge in [0.2, 0.25) is 0 Å². The molecular formula is C10H16O. The monoisotopic (exact) mass is 152 g/mol. The first-order valence-corrected chi connectivity index (χ1v) is 4.54. The van der Waals surface area contributed by atoms with Crippen LogP contribution < -0.4 is 0 Å². The maximum absolute atomic E-state index is 11.2. The fraction of sp³-hybridized carbons (Fsp3) is 0.700. The summed E-state index contributed by atoms with van der Waals surface area (Å²) in [5.41, 5.74) is 0. The Morgan fingerprint density at radius 3 is 3.00 bits per heavy atom. The Hall–Kier alpha value is -0.590. The van der Waals surface area contributed by atoms with Crippen molar-refractivity contribution in [3.05, 3.63) is 12.2 Å². The predicted molar refractivity (Wildman–Crippen MR) is 46.4 cm³/mol. The second-order valence-corrected chi connectivity index (χ2v) is 3.15. The van der Waals surface area contributed by atoms with Crippen molar-refractivity contribution in [1.29, 1.82) is 0 Å². The van der Waals surface area contributed by atoms with Gasteiger partial charge in [0.25, 0.3) is 0 Å². The van der Waals surface area contributed by atoms with E-state index in [1.54, 1.807) is 0 Å². The Labute approximate surface area is 68.5 Å². The van der Waals surface area contributed by atoms with Crippen molar-refractivity contribution in [2.75, 3.05) is 0 Å². The van der Waals surface area contributed by atoms with Gasteiger partial charge in [-0.3, -0.25) is 4.79 Å². The molecule has 11 heavy (non-hydrogen) atoms. The van der Waals surface area contributed by atoms with Crippen molar-refractivity contribution < 1.29 is 4.79 Å². The van der Waals surface area contributed by atoms with Gasteiger partial charge in [0, 0.05) is 12.3 Å². The van der Waals surface area contributed by atoms with Gasteiger partial charge >= 0.3 is 0 Å². The zero-order valence-electron chi connectivity index (χ0n) is 7.18. The third kappa shape index (κ3) is 2.49. The zero-order valence-corrected chi connectivity index (χ0v) is 7.18. The van der Waals surface area contributed by atoms with Gasteiger partial charge in [-0.25, -0.2) is 0 Å². The molecule has 0 saturated heterocycles. The SMILES string of the molecule is CC/C=C/C1CCCCC1=O. The number of ketones is 1. The van der Waals surface area contributed by atoms with Crippen LogP contribution in [0.5, 0.6) is 0 Å². The molecule has 0 aliphatic heterocycles. The Kier molecular flexibility index (Phi) is 3.34. The molecule has 0 radical (unpaired) electrons. The van der Waals surface area contributed by atoms with Gasteiger partial charge in [0.15, 0.2) is 0 Å². The number of Topliss-reactive ketones (excluding diaryl/α,β-unsaturated/α-hetero) is 1. The van der Waals surface area contributed by atoms with Crippen molar-refractivity contribution in [3.63, 3.8) is 0 Å². The molecule has 1 aliphatic rings. The first kappa shape index (κ1) is 8.51. The van der Waals surface area contributed by atoms with Crippen LogP contribution in [0.25, 0.3) is 0 Å². The topological polar surface area (TPSA) is 17.1 Å². The lowest BCUT2D eigenvalue weighted by Gasteiger charge is -2.16. The maximum Gasteiger partial charge on any atom is 0.139 e. The van der Waals surface area contributed by atoms with Gasteiger partial charge in [-0.2, -0.15) is 0 Å². The summed E-state index contributed by atoms with van der Waals surface area (Å²) in [4.78, 5) is 11.2. The van der Waals surface area contributed by atoms with Crippen LogP contribution in [0.2, 0.25) is 0 Å². The molecule has 0 aromatic carbocycles. The largest absolute Gasteiger partial charge is 0.299 e. The molecule has 0 amide bonds. The fourth-order valence-electron chi connectivity index (χ4n) is 1.51. The highest BCUT2D eigenvalue weighted by Gasteiger charge is 2.18. The molecule has 1 heteroatoms. The van der Waals surface area contributed by atoms with Crippen molar-refractivity contribution in [1.82, 2.24) is 0 Å². The summed E-state index contributed by atoms with van der Waals surface area (Å²) in [7, 11) is 0. The van der Waals surface area contributed by atoms with E-state index in [1.165, 1.54) is 6.42 Å². The molecule has 0 bridgehead atoms. The number of hydrogen-bond acceptors (Lipinski definition) is 1. The summed E-state index contributed by atoms with van der Waals surface area (Å²) in [6.07, 6.45) is 9.45. The Morgan fingerprint density at radius 1 is 1.55 bits per heavy atom. The van der Waals surface area contributed by atoms with Crippen LogP contribution in [0, 0.1) is 5.92 Å². The second-order valence-electron chi connectivity index (χ2n) is 3.15. The standard InChI is InChI=1S/C10H16O/c1-2-3-6-9-7-4-5-8-10(9)11/h3,6,9H,2,4-5,7-8H2,1H3/b6-3+. The molecule has 1 atom stereocenters. The predicted octanol–water partition coefficient (Wildman–Crippen LogP) is 2.71. The fourth-order valence-corrected chi connectivity index (χ4v) is 1.51. The molecule has 0 N–H and O–H groups in total. The first-order chi connectivity index (χ1) is 5.34. The lowest BCUT2D eigenvalue weighted by atomic mass is 9.88. The maximum atomic E-state index is 11.2. The van der Waals surface area contributed by atoms with Gasteiger partial charge in [-0.1, -0.05) is 25.5 Å². The zero-order chi connectivity index (χ0) is 8.10. The van der Waals surface area contributed by atoms with E-state index in [9.17, 15) is 4.79 Å². The number of rotatable bonds is 2. The van der Waals surface area contributed by atoms with Crippen LogP contribution in [-0.2, 0) is 4.79 Å². The lowest BCUT2D eigenvalue weighted by molar-refractivity contribution is -0.122. The number of carbonyl (C=O) groups is 1. The molecule has 1 nitrogen and oxygen atoms in total. The normalized spacial score (nSPS) is 26.3. The van der Waals surface area contributed by atoms with E-state index in [0.29, 0.717) is 5.78 Å². The first-order valence-electron chi connectivity index (χ1n) is 4.54. The minimum Gasteiger partial charge on any atom is -0.299 e. The van der Waals surface area contributed by atoms with E-state index < -0.39 is 0 Å². The van der Waals surface area contributed by atoms with Crippen LogP contribution >= 0.6 is 0 Å². The highest BCUT2D eigenvalue weighted by atomic mass is 16.1. The van der Waals surface area contributed by atoms with Crippen molar-refractivity contribution >= 4 is 5.78 Å². The molecule has 0 spiro atoms. The van der Waals surface area contributed by atoms with Crippen LogP contribution in [0.1, 0.15) is 39.0 Å². The molecular weight excluding hydrogens is 136 g/mol. The minimum absolute atomic E-state index is 0.253. The quantitative estimate of drug-likeness (QED) is 0.556. The van der Waals surface area contributed by atoms with E-state index in [1.807, 2.05) is 0 Å². The minimum atomic E-state index is 0.253. The molecule has 0 heterocycles. The van der Waals surface area contributed by atoms with E-state index in [0.717, 1.165) is 25.7 Å². The van der Waals surface area contributed by atoms with E-state index in [-0.39, 0.29) is 5.92 Å². The molecule has 1 saturated carbocycles. The van der Waals surface area contributed by atoms with Gasteiger partial charge in [-0.15, -0.1) is 0 Å². The van der Waals surface area contributed by atoms with Crippen LogP contribution in [-0.4, -0.2) is 5.78 Å². The number of allylic oxidation sites excluding steroid dienone is 2. The summed E-state index contributed by atoms with van der Waals surface area (Å²) >= 11 is 0. The molecule has 1 fully saturated rings. The van der Waals surface area contributed by atoms with Crippen molar-refractivity contribution in [2.24, 2.45) is 5.92 Å². The van der Waals surface area contributed by atoms with E-state index >= 15 is 0 Å².